The van der Waals surface area contributed by atoms with Crippen LogP contribution < -0.4 is 15.4 Å². The fourth-order valence-corrected chi connectivity index (χ4v) is 3.95. The Bertz CT molecular complexity index is 888. The number of benzene rings is 1. The summed E-state index contributed by atoms with van der Waals surface area (Å²) in [6.07, 6.45) is 1.69. The summed E-state index contributed by atoms with van der Waals surface area (Å²) >= 11 is 1.60. The first-order chi connectivity index (χ1) is 14.0. The fraction of sp³-hybridized carbons (Fsp3) is 0.381. The minimum atomic E-state index is -0.486. The van der Waals surface area contributed by atoms with Gasteiger partial charge in [-0.05, 0) is 49.6 Å². The first-order valence-electron chi connectivity index (χ1n) is 9.50. The molecule has 0 bridgehead atoms. The number of methoxy groups -OCH3 is 1. The SMILES string of the molecule is COc1ccc(C2=NC(/C3=C(\OC(C)=O)NCCCCNC3=O)=C(C)CS2)cc1. The largest absolute Gasteiger partial charge is 0.497 e. The van der Waals surface area contributed by atoms with Gasteiger partial charge in [0.25, 0.3) is 5.91 Å². The van der Waals surface area contributed by atoms with Gasteiger partial charge in [-0.3, -0.25) is 9.59 Å². The molecule has 0 saturated heterocycles. The third-order valence-electron chi connectivity index (χ3n) is 4.49. The Balaban J connectivity index is 2.06. The lowest BCUT2D eigenvalue weighted by molar-refractivity contribution is -0.137. The molecule has 1 amide bonds. The highest BCUT2D eigenvalue weighted by Gasteiger charge is 2.27. The highest BCUT2D eigenvalue weighted by Crippen LogP contribution is 2.31. The number of carbonyl (C=O) groups excluding carboxylic acids is 2. The number of aliphatic imine (C=N–C) groups is 1. The van der Waals surface area contributed by atoms with Crippen molar-refractivity contribution in [3.63, 3.8) is 0 Å². The van der Waals surface area contributed by atoms with E-state index in [1.54, 1.807) is 18.9 Å². The second-order valence-electron chi connectivity index (χ2n) is 6.75. The van der Waals surface area contributed by atoms with Crippen molar-refractivity contribution >= 4 is 28.7 Å². The van der Waals surface area contributed by atoms with Gasteiger partial charge in [-0.25, -0.2) is 4.99 Å². The molecule has 0 radical (unpaired) electrons. The number of carbonyl (C=O) groups is 2. The van der Waals surface area contributed by atoms with Crippen molar-refractivity contribution < 1.29 is 19.1 Å². The molecule has 0 aliphatic carbocycles. The van der Waals surface area contributed by atoms with Crippen LogP contribution in [-0.2, 0) is 14.3 Å². The zero-order valence-electron chi connectivity index (χ0n) is 16.8. The average Bonchev–Trinajstić information content (AvgIpc) is 2.79. The number of thioether (sulfide) groups is 1. The zero-order valence-corrected chi connectivity index (χ0v) is 17.6. The van der Waals surface area contributed by atoms with Crippen LogP contribution >= 0.6 is 11.8 Å². The third-order valence-corrected chi connectivity index (χ3v) is 5.67. The Morgan fingerprint density at radius 1 is 1.14 bits per heavy atom. The summed E-state index contributed by atoms with van der Waals surface area (Å²) in [7, 11) is 1.62. The molecule has 3 rings (SSSR count). The van der Waals surface area contributed by atoms with Gasteiger partial charge in [0, 0.05) is 31.3 Å². The maximum Gasteiger partial charge on any atom is 0.309 e. The highest BCUT2D eigenvalue weighted by atomic mass is 32.2. The molecule has 1 aromatic carbocycles. The van der Waals surface area contributed by atoms with Crippen molar-refractivity contribution in [3.05, 3.63) is 52.6 Å². The van der Waals surface area contributed by atoms with E-state index in [1.807, 2.05) is 31.2 Å². The van der Waals surface area contributed by atoms with Gasteiger partial charge >= 0.3 is 5.97 Å². The molecule has 0 spiro atoms. The summed E-state index contributed by atoms with van der Waals surface area (Å²) in [4.78, 5) is 29.4. The molecule has 0 saturated carbocycles. The van der Waals surface area contributed by atoms with E-state index < -0.39 is 5.97 Å². The lowest BCUT2D eigenvalue weighted by atomic mass is 10.1. The number of hydrogen-bond acceptors (Lipinski definition) is 7. The molecular weight excluding hydrogens is 390 g/mol. The van der Waals surface area contributed by atoms with Crippen molar-refractivity contribution in [1.29, 1.82) is 0 Å². The number of nitrogens with zero attached hydrogens (tertiary/aromatic N) is 1. The summed E-state index contributed by atoms with van der Waals surface area (Å²) in [5.41, 5.74) is 2.69. The zero-order chi connectivity index (χ0) is 20.8. The van der Waals surface area contributed by atoms with Gasteiger partial charge in [0.15, 0.2) is 0 Å². The van der Waals surface area contributed by atoms with Crippen LogP contribution in [0.5, 0.6) is 5.75 Å². The van der Waals surface area contributed by atoms with E-state index in [9.17, 15) is 9.59 Å². The predicted octanol–water partition coefficient (Wildman–Crippen LogP) is 2.74. The molecule has 1 aromatic rings. The van der Waals surface area contributed by atoms with Crippen LogP contribution in [0.15, 0.2) is 52.0 Å². The Morgan fingerprint density at radius 3 is 2.48 bits per heavy atom. The van der Waals surface area contributed by atoms with E-state index in [-0.39, 0.29) is 17.4 Å². The normalized spacial score (nSPS) is 20.5. The number of rotatable bonds is 4. The maximum absolute atomic E-state index is 13.0. The van der Waals surface area contributed by atoms with Gasteiger partial charge in [-0.15, -0.1) is 11.8 Å². The first kappa shape index (κ1) is 21.0. The van der Waals surface area contributed by atoms with Crippen LogP contribution in [0.2, 0.25) is 0 Å². The quantitative estimate of drug-likeness (QED) is 0.735. The van der Waals surface area contributed by atoms with E-state index in [0.717, 1.165) is 34.8 Å². The van der Waals surface area contributed by atoms with Crippen molar-refractivity contribution in [2.24, 2.45) is 4.99 Å². The lowest BCUT2D eigenvalue weighted by Gasteiger charge is -2.21. The number of nitrogens with one attached hydrogen (secondary N) is 2. The smallest absolute Gasteiger partial charge is 0.309 e. The molecule has 2 aliphatic rings. The summed E-state index contributed by atoms with van der Waals surface area (Å²) in [6, 6.07) is 7.62. The van der Waals surface area contributed by atoms with E-state index in [1.165, 1.54) is 6.92 Å². The van der Waals surface area contributed by atoms with E-state index in [2.05, 4.69) is 10.6 Å². The highest BCUT2D eigenvalue weighted by molar-refractivity contribution is 8.14. The average molecular weight is 416 g/mol. The topological polar surface area (TPSA) is 89.0 Å². The summed E-state index contributed by atoms with van der Waals surface area (Å²) in [5, 5.41) is 6.82. The van der Waals surface area contributed by atoms with Gasteiger partial charge in [0.2, 0.25) is 5.88 Å². The van der Waals surface area contributed by atoms with Crippen molar-refractivity contribution in [3.8, 4) is 5.75 Å². The van der Waals surface area contributed by atoms with E-state index in [4.69, 9.17) is 14.5 Å². The number of amides is 1. The molecule has 0 aromatic heterocycles. The monoisotopic (exact) mass is 415 g/mol. The molecule has 0 fully saturated rings. The summed E-state index contributed by atoms with van der Waals surface area (Å²) < 4.78 is 10.6. The van der Waals surface area contributed by atoms with Crippen LogP contribution in [-0.4, -0.2) is 42.9 Å². The molecule has 154 valence electrons. The second kappa shape index (κ2) is 9.65. The van der Waals surface area contributed by atoms with Crippen LogP contribution in [0.25, 0.3) is 0 Å². The Morgan fingerprint density at radius 2 is 1.83 bits per heavy atom. The maximum atomic E-state index is 13.0. The minimum Gasteiger partial charge on any atom is -0.497 e. The van der Waals surface area contributed by atoms with E-state index in [0.29, 0.717) is 24.5 Å². The molecule has 29 heavy (non-hydrogen) atoms. The van der Waals surface area contributed by atoms with E-state index >= 15 is 0 Å². The summed E-state index contributed by atoms with van der Waals surface area (Å²) in [5.74, 6) is 0.831. The van der Waals surface area contributed by atoms with Crippen LogP contribution in [0, 0.1) is 0 Å². The Hall–Kier alpha value is -2.74. The van der Waals surface area contributed by atoms with Crippen LogP contribution in [0.4, 0.5) is 0 Å². The van der Waals surface area contributed by atoms with Crippen LogP contribution in [0.1, 0.15) is 32.3 Å². The molecule has 2 N–H and O–H groups in total. The fourth-order valence-electron chi connectivity index (χ4n) is 3.00. The lowest BCUT2D eigenvalue weighted by Crippen LogP contribution is -2.30. The molecule has 2 heterocycles. The van der Waals surface area contributed by atoms with Gasteiger partial charge in [-0.1, -0.05) is 0 Å². The number of hydrogen-bond donors (Lipinski definition) is 2. The third kappa shape index (κ3) is 5.20. The first-order valence-corrected chi connectivity index (χ1v) is 10.5. The molecule has 8 heteroatoms. The van der Waals surface area contributed by atoms with Crippen LogP contribution in [0.3, 0.4) is 0 Å². The standard InChI is InChI=1S/C21H25N3O4S/c1-13-12-29-21(15-6-8-16(27-3)9-7-15)24-18(13)17-19(26)22-10-4-5-11-23-20(17)28-14(2)25/h6-9,23H,4-5,10-12H2,1-3H3,(H,22,26)/b20-17+. The van der Waals surface area contributed by atoms with Gasteiger partial charge in [-0.2, -0.15) is 0 Å². The Kier molecular flexibility index (Phi) is 6.98. The van der Waals surface area contributed by atoms with Crippen molar-refractivity contribution in [2.75, 3.05) is 26.0 Å². The predicted molar refractivity (Wildman–Crippen MR) is 114 cm³/mol. The second-order valence-corrected chi connectivity index (χ2v) is 7.71. The summed E-state index contributed by atoms with van der Waals surface area (Å²) in [6.45, 7) is 4.43. The minimum absolute atomic E-state index is 0.163. The molecule has 2 aliphatic heterocycles. The number of ether oxygens (including phenoxy) is 2. The molecular formula is C21H25N3O4S. The Labute approximate surface area is 174 Å². The van der Waals surface area contributed by atoms with Gasteiger partial charge in [0.1, 0.15) is 16.4 Å². The van der Waals surface area contributed by atoms with Crippen molar-refractivity contribution in [1.82, 2.24) is 10.6 Å². The molecule has 7 nitrogen and oxygen atoms in total. The molecule has 0 unspecified atom stereocenters. The number of esters is 1. The molecule has 0 atom stereocenters. The van der Waals surface area contributed by atoms with Crippen molar-refractivity contribution in [2.45, 2.75) is 26.7 Å². The van der Waals surface area contributed by atoms with Gasteiger partial charge < -0.3 is 20.1 Å². The van der Waals surface area contributed by atoms with Gasteiger partial charge in [0.05, 0.1) is 12.8 Å².